The Morgan fingerprint density at radius 1 is 1.44 bits per heavy atom. The molecule has 18 heavy (non-hydrogen) atoms. The molecule has 0 saturated heterocycles. The SMILES string of the molecule is CCc1ccsc1CNc1nccn1CC(C)C. The summed E-state index contributed by atoms with van der Waals surface area (Å²) in [6.07, 6.45) is 5.00. The maximum Gasteiger partial charge on any atom is 0.203 e. The average Bonchev–Trinajstić information content (AvgIpc) is 2.94. The van der Waals surface area contributed by atoms with Gasteiger partial charge in [-0.25, -0.2) is 4.98 Å². The van der Waals surface area contributed by atoms with Gasteiger partial charge in [0.2, 0.25) is 5.95 Å². The lowest BCUT2D eigenvalue weighted by Gasteiger charge is -2.11. The quantitative estimate of drug-likeness (QED) is 0.859. The van der Waals surface area contributed by atoms with Crippen LogP contribution in [0.25, 0.3) is 0 Å². The standard InChI is InChI=1S/C14H21N3S/c1-4-12-5-8-18-13(12)9-16-14-15-6-7-17(14)10-11(2)3/h5-8,11H,4,9-10H2,1-3H3,(H,15,16). The fourth-order valence-corrected chi connectivity index (χ4v) is 2.93. The van der Waals surface area contributed by atoms with Gasteiger partial charge >= 0.3 is 0 Å². The molecule has 0 aliphatic rings. The molecule has 2 heterocycles. The van der Waals surface area contributed by atoms with Crippen LogP contribution in [0.3, 0.4) is 0 Å². The van der Waals surface area contributed by atoms with Gasteiger partial charge in [-0.2, -0.15) is 0 Å². The van der Waals surface area contributed by atoms with Crippen LogP contribution in [0.5, 0.6) is 0 Å². The van der Waals surface area contributed by atoms with Crippen LogP contribution in [0.4, 0.5) is 5.95 Å². The van der Waals surface area contributed by atoms with Crippen molar-refractivity contribution in [3.63, 3.8) is 0 Å². The number of anilines is 1. The summed E-state index contributed by atoms with van der Waals surface area (Å²) in [5, 5.41) is 5.60. The van der Waals surface area contributed by atoms with Crippen molar-refractivity contribution in [3.8, 4) is 0 Å². The van der Waals surface area contributed by atoms with Gasteiger partial charge in [0.15, 0.2) is 0 Å². The summed E-state index contributed by atoms with van der Waals surface area (Å²) >= 11 is 1.82. The summed E-state index contributed by atoms with van der Waals surface area (Å²) in [4.78, 5) is 5.79. The molecule has 0 unspecified atom stereocenters. The Morgan fingerprint density at radius 3 is 3.00 bits per heavy atom. The molecule has 0 spiro atoms. The Morgan fingerprint density at radius 2 is 2.28 bits per heavy atom. The lowest BCUT2D eigenvalue weighted by Crippen LogP contribution is -2.10. The van der Waals surface area contributed by atoms with Crippen molar-refractivity contribution in [3.05, 3.63) is 34.3 Å². The molecule has 0 saturated carbocycles. The predicted octanol–water partition coefficient (Wildman–Crippen LogP) is 3.78. The van der Waals surface area contributed by atoms with Gasteiger partial charge in [-0.1, -0.05) is 20.8 Å². The zero-order valence-electron chi connectivity index (χ0n) is 11.3. The number of aromatic nitrogens is 2. The Balaban J connectivity index is 2.00. The fourth-order valence-electron chi connectivity index (χ4n) is 2.01. The van der Waals surface area contributed by atoms with Crippen molar-refractivity contribution < 1.29 is 0 Å². The molecule has 4 heteroatoms. The molecule has 0 radical (unpaired) electrons. The molecule has 0 fully saturated rings. The molecule has 2 rings (SSSR count). The number of rotatable bonds is 6. The molecule has 0 aromatic carbocycles. The van der Waals surface area contributed by atoms with E-state index in [-0.39, 0.29) is 0 Å². The van der Waals surface area contributed by atoms with E-state index in [4.69, 9.17) is 0 Å². The molecule has 0 aliphatic carbocycles. The second kappa shape index (κ2) is 6.05. The monoisotopic (exact) mass is 263 g/mol. The summed E-state index contributed by atoms with van der Waals surface area (Å²) in [5.74, 6) is 1.60. The molecular weight excluding hydrogens is 242 g/mol. The van der Waals surface area contributed by atoms with Crippen LogP contribution >= 0.6 is 11.3 Å². The zero-order chi connectivity index (χ0) is 13.0. The van der Waals surface area contributed by atoms with Crippen LogP contribution in [-0.2, 0) is 19.5 Å². The van der Waals surface area contributed by atoms with Crippen LogP contribution in [-0.4, -0.2) is 9.55 Å². The highest BCUT2D eigenvalue weighted by atomic mass is 32.1. The lowest BCUT2D eigenvalue weighted by atomic mass is 10.2. The molecule has 0 bridgehead atoms. The number of imidazole rings is 1. The van der Waals surface area contributed by atoms with Gasteiger partial charge in [-0.3, -0.25) is 0 Å². The van der Waals surface area contributed by atoms with Crippen molar-refractivity contribution in [1.82, 2.24) is 9.55 Å². The van der Waals surface area contributed by atoms with Gasteiger partial charge in [-0.15, -0.1) is 11.3 Å². The number of nitrogens with zero attached hydrogens (tertiary/aromatic N) is 2. The molecule has 3 nitrogen and oxygen atoms in total. The van der Waals surface area contributed by atoms with Crippen molar-refractivity contribution in [2.24, 2.45) is 5.92 Å². The average molecular weight is 263 g/mol. The second-order valence-corrected chi connectivity index (χ2v) is 5.87. The Kier molecular flexibility index (Phi) is 4.42. The van der Waals surface area contributed by atoms with E-state index in [1.54, 1.807) is 0 Å². The third-order valence-corrected chi connectivity index (χ3v) is 3.87. The molecule has 0 amide bonds. The Hall–Kier alpha value is -1.29. The van der Waals surface area contributed by atoms with Crippen LogP contribution in [0.15, 0.2) is 23.8 Å². The topological polar surface area (TPSA) is 29.9 Å². The molecular formula is C14H21N3S. The minimum absolute atomic E-state index is 0.632. The first-order valence-corrected chi connectivity index (χ1v) is 7.39. The minimum atomic E-state index is 0.632. The summed E-state index contributed by atoms with van der Waals surface area (Å²) < 4.78 is 2.18. The van der Waals surface area contributed by atoms with E-state index in [1.165, 1.54) is 10.4 Å². The predicted molar refractivity (Wildman–Crippen MR) is 78.1 cm³/mol. The molecule has 0 atom stereocenters. The van der Waals surface area contributed by atoms with Crippen LogP contribution in [0.2, 0.25) is 0 Å². The Labute approximate surface area is 113 Å². The van der Waals surface area contributed by atoms with Crippen molar-refractivity contribution in [1.29, 1.82) is 0 Å². The first-order chi connectivity index (χ1) is 8.70. The highest BCUT2D eigenvalue weighted by molar-refractivity contribution is 7.10. The van der Waals surface area contributed by atoms with Gasteiger partial charge in [0, 0.05) is 23.8 Å². The number of thiophene rings is 1. The second-order valence-electron chi connectivity index (χ2n) is 4.87. The van der Waals surface area contributed by atoms with Gasteiger partial charge in [0.05, 0.1) is 6.54 Å². The first kappa shape index (κ1) is 13.1. The highest BCUT2D eigenvalue weighted by Gasteiger charge is 2.06. The number of nitrogens with one attached hydrogen (secondary N) is 1. The highest BCUT2D eigenvalue weighted by Crippen LogP contribution is 2.19. The van der Waals surface area contributed by atoms with Gasteiger partial charge in [-0.05, 0) is 29.3 Å². The van der Waals surface area contributed by atoms with Gasteiger partial charge in [0.1, 0.15) is 0 Å². The van der Waals surface area contributed by atoms with E-state index in [1.807, 2.05) is 23.7 Å². The van der Waals surface area contributed by atoms with Crippen molar-refractivity contribution in [2.75, 3.05) is 5.32 Å². The molecule has 2 aromatic rings. The summed E-state index contributed by atoms with van der Waals surface area (Å²) in [6.45, 7) is 8.52. The summed E-state index contributed by atoms with van der Waals surface area (Å²) in [6, 6.07) is 2.21. The molecule has 0 aliphatic heterocycles. The first-order valence-electron chi connectivity index (χ1n) is 6.51. The maximum atomic E-state index is 4.38. The minimum Gasteiger partial charge on any atom is -0.351 e. The molecule has 98 valence electrons. The van der Waals surface area contributed by atoms with Gasteiger partial charge < -0.3 is 9.88 Å². The van der Waals surface area contributed by atoms with E-state index in [9.17, 15) is 0 Å². The third-order valence-electron chi connectivity index (χ3n) is 2.90. The summed E-state index contributed by atoms with van der Waals surface area (Å²) in [7, 11) is 0. The number of hydrogen-bond donors (Lipinski definition) is 1. The summed E-state index contributed by atoms with van der Waals surface area (Å²) in [5.41, 5.74) is 1.44. The smallest absolute Gasteiger partial charge is 0.203 e. The van der Waals surface area contributed by atoms with Gasteiger partial charge in [0.25, 0.3) is 0 Å². The van der Waals surface area contributed by atoms with Crippen LogP contribution in [0, 0.1) is 5.92 Å². The van der Waals surface area contributed by atoms with Crippen LogP contribution in [0.1, 0.15) is 31.2 Å². The van der Waals surface area contributed by atoms with Crippen molar-refractivity contribution >= 4 is 17.3 Å². The van der Waals surface area contributed by atoms with E-state index in [0.29, 0.717) is 5.92 Å². The third kappa shape index (κ3) is 3.13. The normalized spacial score (nSPS) is 11.1. The van der Waals surface area contributed by atoms with E-state index < -0.39 is 0 Å². The van der Waals surface area contributed by atoms with Crippen LogP contribution < -0.4 is 5.32 Å². The molecule has 1 N–H and O–H groups in total. The van der Waals surface area contributed by atoms with E-state index in [2.05, 4.69) is 47.1 Å². The number of aryl methyl sites for hydroxylation is 1. The van der Waals surface area contributed by atoms with E-state index in [0.717, 1.165) is 25.5 Å². The number of hydrogen-bond acceptors (Lipinski definition) is 3. The molecule has 2 aromatic heterocycles. The van der Waals surface area contributed by atoms with E-state index >= 15 is 0 Å². The van der Waals surface area contributed by atoms with Crippen molar-refractivity contribution in [2.45, 2.75) is 40.3 Å². The fraction of sp³-hybridized carbons (Fsp3) is 0.500. The zero-order valence-corrected chi connectivity index (χ0v) is 12.1. The lowest BCUT2D eigenvalue weighted by molar-refractivity contribution is 0.526. The Bertz CT molecular complexity index is 485. The largest absolute Gasteiger partial charge is 0.351 e. The maximum absolute atomic E-state index is 4.38.